The van der Waals surface area contributed by atoms with Crippen LogP contribution in [0.2, 0.25) is 0 Å². The Morgan fingerprint density at radius 2 is 2.45 bits per heavy atom. The highest BCUT2D eigenvalue weighted by Gasteiger charge is 2.30. The largest absolute Gasteiger partial charge is 0.481 e. The van der Waals surface area contributed by atoms with Gasteiger partial charge in [-0.25, -0.2) is 4.98 Å². The Kier molecular flexibility index (Phi) is 4.61. The van der Waals surface area contributed by atoms with Gasteiger partial charge >= 0.3 is 5.97 Å². The fourth-order valence-corrected chi connectivity index (χ4v) is 3.73. The molecule has 1 aliphatic rings. The third kappa shape index (κ3) is 2.93. The van der Waals surface area contributed by atoms with Crippen LogP contribution in [0, 0.1) is 17.2 Å². The van der Waals surface area contributed by atoms with Gasteiger partial charge in [0.05, 0.1) is 17.7 Å². The van der Waals surface area contributed by atoms with Crippen molar-refractivity contribution in [3.63, 3.8) is 0 Å². The molecule has 0 saturated carbocycles. The molecule has 1 aromatic rings. The monoisotopic (exact) mass is 293 g/mol. The van der Waals surface area contributed by atoms with Gasteiger partial charge in [0, 0.05) is 18.0 Å². The summed E-state index contributed by atoms with van der Waals surface area (Å²) in [5.41, 5.74) is 0.742. The van der Waals surface area contributed by atoms with Crippen molar-refractivity contribution >= 4 is 22.4 Å². The molecule has 5 nitrogen and oxygen atoms in total. The molecule has 1 aliphatic carbocycles. The lowest BCUT2D eigenvalue weighted by Crippen LogP contribution is -2.27. The molecule has 108 valence electrons. The maximum atomic E-state index is 11.3. The predicted molar refractivity (Wildman–Crippen MR) is 78.1 cm³/mol. The lowest BCUT2D eigenvalue weighted by molar-refractivity contribution is -0.139. The van der Waals surface area contributed by atoms with Crippen LogP contribution >= 0.6 is 11.3 Å². The average Bonchev–Trinajstić information content (AvgIpc) is 2.87. The number of hydrogen-bond donors (Lipinski definition) is 1. The molecule has 1 N–H and O–H groups in total. The van der Waals surface area contributed by atoms with Crippen LogP contribution in [0.4, 0.5) is 5.13 Å². The Balaban J connectivity index is 2.26. The molecule has 2 atom stereocenters. The number of fused-ring (bicyclic) bond motifs is 1. The fraction of sp³-hybridized carbons (Fsp3) is 0.643. The number of carbonyl (C=O) groups is 1. The first kappa shape index (κ1) is 14.8. The molecule has 0 radical (unpaired) electrons. The molecule has 2 rings (SSSR count). The zero-order valence-electron chi connectivity index (χ0n) is 11.8. The van der Waals surface area contributed by atoms with Crippen LogP contribution < -0.4 is 4.90 Å². The number of aliphatic carboxylic acids is 1. The van der Waals surface area contributed by atoms with Gasteiger partial charge in [-0.2, -0.15) is 5.26 Å². The summed E-state index contributed by atoms with van der Waals surface area (Å²) in [5.74, 6) is -1.31. The van der Waals surface area contributed by atoms with E-state index >= 15 is 0 Å². The van der Waals surface area contributed by atoms with Gasteiger partial charge in [0.25, 0.3) is 0 Å². The van der Waals surface area contributed by atoms with Crippen LogP contribution in [0.15, 0.2) is 0 Å². The molecule has 1 aromatic heterocycles. The number of aryl methyl sites for hydroxylation is 1. The highest BCUT2D eigenvalue weighted by molar-refractivity contribution is 7.15. The first-order valence-electron chi connectivity index (χ1n) is 6.93. The smallest absolute Gasteiger partial charge is 0.312 e. The first-order valence-corrected chi connectivity index (χ1v) is 7.75. The molecule has 2 unspecified atom stereocenters. The van der Waals surface area contributed by atoms with Gasteiger partial charge in [-0.15, -0.1) is 11.3 Å². The van der Waals surface area contributed by atoms with E-state index in [0.717, 1.165) is 35.1 Å². The van der Waals surface area contributed by atoms with Gasteiger partial charge in [-0.05, 0) is 33.1 Å². The van der Waals surface area contributed by atoms with E-state index in [1.165, 1.54) is 0 Å². The number of carboxylic acids is 1. The van der Waals surface area contributed by atoms with Gasteiger partial charge in [0.1, 0.15) is 5.92 Å². The van der Waals surface area contributed by atoms with Crippen molar-refractivity contribution in [1.82, 2.24) is 4.98 Å². The van der Waals surface area contributed by atoms with Crippen LogP contribution in [0.5, 0.6) is 0 Å². The lowest BCUT2D eigenvalue weighted by Gasteiger charge is -2.20. The molecule has 0 spiro atoms. The summed E-state index contributed by atoms with van der Waals surface area (Å²) in [6, 6.07) is 2.23. The summed E-state index contributed by atoms with van der Waals surface area (Å²) in [6.45, 7) is 5.32. The quantitative estimate of drug-likeness (QED) is 0.903. The number of rotatable bonds is 5. The maximum Gasteiger partial charge on any atom is 0.312 e. The van der Waals surface area contributed by atoms with E-state index in [9.17, 15) is 9.90 Å². The highest BCUT2D eigenvalue weighted by Crippen LogP contribution is 2.38. The molecular formula is C14H19N3O2S. The standard InChI is InChI=1S/C14H19N3O2S/c1-3-17(8-9(2)7-15)14-16-12-10(13(18)19)5-4-6-11(12)20-14/h9-10H,3-6,8H2,1-2H3,(H,18,19). The number of nitriles is 1. The van der Waals surface area contributed by atoms with Crippen molar-refractivity contribution in [3.05, 3.63) is 10.6 Å². The summed E-state index contributed by atoms with van der Waals surface area (Å²) in [5, 5.41) is 19.1. The summed E-state index contributed by atoms with van der Waals surface area (Å²) in [6.07, 6.45) is 2.50. The summed E-state index contributed by atoms with van der Waals surface area (Å²) >= 11 is 1.58. The molecule has 0 aliphatic heterocycles. The Morgan fingerprint density at radius 3 is 3.05 bits per heavy atom. The molecule has 0 aromatic carbocycles. The van der Waals surface area contributed by atoms with E-state index in [4.69, 9.17) is 5.26 Å². The lowest BCUT2D eigenvalue weighted by atomic mass is 9.91. The van der Waals surface area contributed by atoms with Crippen molar-refractivity contribution in [1.29, 1.82) is 5.26 Å². The van der Waals surface area contributed by atoms with Gasteiger partial charge in [0.2, 0.25) is 0 Å². The summed E-state index contributed by atoms with van der Waals surface area (Å²) in [4.78, 5) is 19.0. The van der Waals surface area contributed by atoms with Crippen molar-refractivity contribution in [2.24, 2.45) is 5.92 Å². The summed E-state index contributed by atoms with van der Waals surface area (Å²) < 4.78 is 0. The predicted octanol–water partition coefficient (Wildman–Crippen LogP) is 2.63. The van der Waals surface area contributed by atoms with Gasteiger partial charge in [-0.1, -0.05) is 0 Å². The van der Waals surface area contributed by atoms with Crippen molar-refractivity contribution in [2.45, 2.75) is 39.0 Å². The molecule has 0 fully saturated rings. The van der Waals surface area contributed by atoms with Crippen LogP contribution in [0.25, 0.3) is 0 Å². The van der Waals surface area contributed by atoms with E-state index in [1.807, 2.05) is 13.8 Å². The number of nitrogens with zero attached hydrogens (tertiary/aromatic N) is 3. The third-order valence-electron chi connectivity index (χ3n) is 3.61. The normalized spacial score (nSPS) is 18.9. The zero-order chi connectivity index (χ0) is 14.7. The molecule has 0 saturated heterocycles. The molecule has 1 heterocycles. The van der Waals surface area contributed by atoms with Crippen molar-refractivity contribution in [3.8, 4) is 6.07 Å². The Labute approximate surface area is 122 Å². The SMILES string of the molecule is CCN(CC(C)C#N)c1nc2c(s1)CCCC2C(=O)O. The van der Waals surface area contributed by atoms with Gasteiger partial charge in [-0.3, -0.25) is 4.79 Å². The van der Waals surface area contributed by atoms with Crippen LogP contribution in [0.1, 0.15) is 43.2 Å². The number of thiazole rings is 1. The fourth-order valence-electron chi connectivity index (χ4n) is 2.50. The van der Waals surface area contributed by atoms with Crippen LogP contribution in [-0.2, 0) is 11.2 Å². The Bertz CT molecular complexity index is 535. The third-order valence-corrected chi connectivity index (χ3v) is 4.80. The number of aromatic nitrogens is 1. The van der Waals surface area contributed by atoms with E-state index in [0.29, 0.717) is 13.0 Å². The minimum absolute atomic E-state index is 0.0638. The molecule has 6 heteroatoms. The Hall–Kier alpha value is -1.61. The zero-order valence-corrected chi connectivity index (χ0v) is 12.6. The minimum atomic E-state index is -0.781. The van der Waals surface area contributed by atoms with Gasteiger partial charge in [0.15, 0.2) is 5.13 Å². The van der Waals surface area contributed by atoms with Crippen molar-refractivity contribution in [2.75, 3.05) is 18.0 Å². The molecular weight excluding hydrogens is 274 g/mol. The molecule has 0 bridgehead atoms. The van der Waals surface area contributed by atoms with E-state index in [-0.39, 0.29) is 5.92 Å². The van der Waals surface area contributed by atoms with Crippen LogP contribution in [-0.4, -0.2) is 29.1 Å². The second kappa shape index (κ2) is 6.23. The van der Waals surface area contributed by atoms with E-state index < -0.39 is 11.9 Å². The van der Waals surface area contributed by atoms with Crippen molar-refractivity contribution < 1.29 is 9.90 Å². The average molecular weight is 293 g/mol. The minimum Gasteiger partial charge on any atom is -0.481 e. The van der Waals surface area contributed by atoms with Crippen LogP contribution in [0.3, 0.4) is 0 Å². The number of anilines is 1. The number of carboxylic acid groups (broad SMARTS) is 1. The second-order valence-corrected chi connectivity index (χ2v) is 6.22. The maximum absolute atomic E-state index is 11.3. The van der Waals surface area contributed by atoms with Gasteiger partial charge < -0.3 is 10.0 Å². The molecule has 20 heavy (non-hydrogen) atoms. The topological polar surface area (TPSA) is 77.2 Å². The Morgan fingerprint density at radius 1 is 1.70 bits per heavy atom. The molecule has 0 amide bonds. The highest BCUT2D eigenvalue weighted by atomic mass is 32.1. The van der Waals surface area contributed by atoms with E-state index in [1.54, 1.807) is 11.3 Å². The number of hydrogen-bond acceptors (Lipinski definition) is 5. The second-order valence-electron chi connectivity index (χ2n) is 5.16. The van der Waals surface area contributed by atoms with E-state index in [2.05, 4.69) is 16.0 Å². The summed E-state index contributed by atoms with van der Waals surface area (Å²) in [7, 11) is 0. The first-order chi connectivity index (χ1) is 9.56.